The first-order valence-corrected chi connectivity index (χ1v) is 12.5. The van der Waals surface area contributed by atoms with Crippen LogP contribution < -0.4 is 9.64 Å². The van der Waals surface area contributed by atoms with E-state index in [4.69, 9.17) is 9.72 Å². The van der Waals surface area contributed by atoms with Crippen molar-refractivity contribution in [2.45, 2.75) is 63.5 Å². The Labute approximate surface area is 197 Å². The molecule has 3 fully saturated rings. The van der Waals surface area contributed by atoms with Crippen molar-refractivity contribution in [2.24, 2.45) is 5.41 Å². The van der Waals surface area contributed by atoms with E-state index in [-0.39, 0.29) is 16.9 Å². The normalized spacial score (nSPS) is 31.2. The fraction of sp³-hybridized carbons (Fsp3) is 0.667. The van der Waals surface area contributed by atoms with Gasteiger partial charge in [-0.15, -0.1) is 0 Å². The summed E-state index contributed by atoms with van der Waals surface area (Å²) in [7, 11) is 2.21. The molecule has 0 spiro atoms. The van der Waals surface area contributed by atoms with Gasteiger partial charge in [0, 0.05) is 29.9 Å². The van der Waals surface area contributed by atoms with Gasteiger partial charge in [0.15, 0.2) is 5.82 Å². The first-order chi connectivity index (χ1) is 15.3. The lowest BCUT2D eigenvalue weighted by Crippen LogP contribution is -2.50. The number of hydrogen-bond acceptors (Lipinski definition) is 6. The lowest BCUT2D eigenvalue weighted by molar-refractivity contribution is 0.0132. The van der Waals surface area contributed by atoms with Crippen LogP contribution in [-0.2, 0) is 0 Å². The van der Waals surface area contributed by atoms with Crippen LogP contribution in [0.3, 0.4) is 0 Å². The number of piperidine rings is 2. The van der Waals surface area contributed by atoms with E-state index in [1.54, 1.807) is 6.07 Å². The van der Waals surface area contributed by atoms with Crippen LogP contribution in [0, 0.1) is 11.2 Å². The van der Waals surface area contributed by atoms with E-state index in [1.165, 1.54) is 19.3 Å². The van der Waals surface area contributed by atoms with Gasteiger partial charge in [-0.25, -0.2) is 4.39 Å². The molecule has 1 N–H and O–H groups in total. The predicted molar refractivity (Wildman–Crippen MR) is 127 cm³/mol. The summed E-state index contributed by atoms with van der Waals surface area (Å²) in [5, 5.41) is 11.3. The van der Waals surface area contributed by atoms with Gasteiger partial charge in [-0.3, -0.25) is 0 Å². The zero-order valence-electron chi connectivity index (χ0n) is 18.9. The highest BCUT2D eigenvalue weighted by atomic mass is 79.9. The molecule has 3 heterocycles. The highest BCUT2D eigenvalue weighted by molar-refractivity contribution is 9.10. The van der Waals surface area contributed by atoms with E-state index in [1.807, 2.05) is 17.9 Å². The van der Waals surface area contributed by atoms with Crippen LogP contribution in [0.1, 0.15) is 51.9 Å². The van der Waals surface area contributed by atoms with Gasteiger partial charge in [-0.2, -0.15) is 9.97 Å². The average molecular weight is 507 g/mol. The molecule has 1 aliphatic carbocycles. The van der Waals surface area contributed by atoms with Gasteiger partial charge < -0.3 is 19.6 Å². The molecule has 0 bridgehead atoms. The molecule has 8 heteroatoms. The van der Waals surface area contributed by atoms with Gasteiger partial charge >= 0.3 is 6.01 Å². The standard InChI is InChI=1S/C24H32BrFN4O2/c1-23(31)9-4-13-30(14-23)21-16-7-8-17(25)19(26)20(16)27-22(28-21)32-15-24-10-3-6-18(24)29(2)12-5-11-24/h7-8,18,31H,3-6,9-15H2,1-2H3/t18-,23?,24-/m1/s1. The van der Waals surface area contributed by atoms with E-state index in [0.717, 1.165) is 38.8 Å². The van der Waals surface area contributed by atoms with Crippen LogP contribution in [-0.4, -0.2) is 64.9 Å². The first kappa shape index (κ1) is 22.3. The molecule has 1 saturated carbocycles. The second-order valence-corrected chi connectivity index (χ2v) is 11.1. The number of nitrogens with zero attached hydrogens (tertiary/aromatic N) is 4. The Balaban J connectivity index is 1.50. The summed E-state index contributed by atoms with van der Waals surface area (Å²) in [6.45, 7) is 4.75. The Morgan fingerprint density at radius 2 is 1.97 bits per heavy atom. The average Bonchev–Trinajstić information content (AvgIpc) is 3.20. The van der Waals surface area contributed by atoms with Gasteiger partial charge in [0.2, 0.25) is 0 Å². The first-order valence-electron chi connectivity index (χ1n) is 11.7. The third kappa shape index (κ3) is 3.99. The van der Waals surface area contributed by atoms with Crippen molar-refractivity contribution in [3.8, 4) is 6.01 Å². The van der Waals surface area contributed by atoms with Crippen LogP contribution >= 0.6 is 15.9 Å². The Bertz CT molecular complexity index is 1020. The maximum atomic E-state index is 15.1. The zero-order valence-corrected chi connectivity index (χ0v) is 20.5. The molecule has 1 unspecified atom stereocenters. The van der Waals surface area contributed by atoms with E-state index in [0.29, 0.717) is 34.9 Å². The molecule has 1 aromatic heterocycles. The predicted octanol–water partition coefficient (Wildman–Crippen LogP) is 4.53. The number of aliphatic hydroxyl groups is 1. The molecule has 5 rings (SSSR count). The van der Waals surface area contributed by atoms with E-state index >= 15 is 4.39 Å². The van der Waals surface area contributed by atoms with Crippen molar-refractivity contribution >= 4 is 32.7 Å². The number of anilines is 1. The number of rotatable bonds is 4. The molecular weight excluding hydrogens is 475 g/mol. The number of fused-ring (bicyclic) bond motifs is 2. The van der Waals surface area contributed by atoms with E-state index < -0.39 is 11.4 Å². The molecule has 2 saturated heterocycles. The van der Waals surface area contributed by atoms with E-state index in [9.17, 15) is 5.11 Å². The van der Waals surface area contributed by atoms with Gasteiger partial charge in [-0.1, -0.05) is 6.42 Å². The monoisotopic (exact) mass is 506 g/mol. The molecule has 3 aliphatic rings. The summed E-state index contributed by atoms with van der Waals surface area (Å²) in [5.74, 6) is 0.228. The van der Waals surface area contributed by atoms with Gasteiger partial charge in [0.25, 0.3) is 0 Å². The number of likely N-dealkylation sites (tertiary alicyclic amines) is 1. The Kier molecular flexibility index (Phi) is 5.83. The molecule has 0 radical (unpaired) electrons. The summed E-state index contributed by atoms with van der Waals surface area (Å²) in [6, 6.07) is 4.28. The highest BCUT2D eigenvalue weighted by Crippen LogP contribution is 2.47. The summed E-state index contributed by atoms with van der Waals surface area (Å²) in [5.41, 5.74) is -0.422. The minimum atomic E-state index is -0.798. The number of hydrogen-bond donors (Lipinski definition) is 1. The largest absolute Gasteiger partial charge is 0.463 e. The molecule has 2 aromatic rings. The van der Waals surface area contributed by atoms with Crippen LogP contribution in [0.4, 0.5) is 10.2 Å². The fourth-order valence-corrected chi connectivity index (χ4v) is 6.51. The molecule has 3 atom stereocenters. The number of aromatic nitrogens is 2. The van der Waals surface area contributed by atoms with Crippen molar-refractivity contribution in [3.63, 3.8) is 0 Å². The maximum Gasteiger partial charge on any atom is 0.319 e. The van der Waals surface area contributed by atoms with Gasteiger partial charge in [0.1, 0.15) is 11.3 Å². The molecule has 174 valence electrons. The Morgan fingerprint density at radius 1 is 1.19 bits per heavy atom. The molecule has 2 aliphatic heterocycles. The van der Waals surface area contributed by atoms with Crippen molar-refractivity contribution in [2.75, 3.05) is 38.2 Å². The van der Waals surface area contributed by atoms with Crippen molar-refractivity contribution < 1.29 is 14.2 Å². The zero-order chi connectivity index (χ0) is 22.5. The van der Waals surface area contributed by atoms with Crippen LogP contribution in [0.25, 0.3) is 10.9 Å². The van der Waals surface area contributed by atoms with Crippen LogP contribution in [0.15, 0.2) is 16.6 Å². The molecular formula is C24H32BrFN4O2. The van der Waals surface area contributed by atoms with Crippen molar-refractivity contribution in [1.82, 2.24) is 14.9 Å². The highest BCUT2D eigenvalue weighted by Gasteiger charge is 2.47. The maximum absolute atomic E-state index is 15.1. The van der Waals surface area contributed by atoms with E-state index in [2.05, 4.69) is 32.9 Å². The van der Waals surface area contributed by atoms with Gasteiger partial charge in [-0.05, 0) is 87.1 Å². The topological polar surface area (TPSA) is 61.7 Å². The fourth-order valence-electron chi connectivity index (χ4n) is 6.19. The molecule has 1 aromatic carbocycles. The smallest absolute Gasteiger partial charge is 0.319 e. The third-order valence-electron chi connectivity index (χ3n) is 7.76. The number of benzene rings is 1. The minimum absolute atomic E-state index is 0.121. The number of halogens is 2. The molecule has 0 amide bonds. The number of β-amino-alcohol motifs (C(OH)–C–C–N with tert-alkyl or cyclic N) is 1. The summed E-state index contributed by atoms with van der Waals surface area (Å²) >= 11 is 3.29. The Morgan fingerprint density at radius 3 is 2.78 bits per heavy atom. The minimum Gasteiger partial charge on any atom is -0.463 e. The lowest BCUT2D eigenvalue weighted by atomic mass is 9.76. The Hall–Kier alpha value is -1.51. The quantitative estimate of drug-likeness (QED) is 0.657. The second kappa shape index (κ2) is 8.37. The van der Waals surface area contributed by atoms with Crippen molar-refractivity contribution in [3.05, 3.63) is 22.4 Å². The van der Waals surface area contributed by atoms with Crippen LogP contribution in [0.5, 0.6) is 6.01 Å². The molecule has 6 nitrogen and oxygen atoms in total. The van der Waals surface area contributed by atoms with Gasteiger partial charge in [0.05, 0.1) is 16.7 Å². The SMILES string of the molecule is CN1CCC[C@@]2(COc3nc(N4CCCC(C)(O)C4)c4ccc(Br)c(F)c4n3)CCC[C@@H]12. The molecule has 32 heavy (non-hydrogen) atoms. The summed E-state index contributed by atoms with van der Waals surface area (Å²) < 4.78 is 21.7. The summed E-state index contributed by atoms with van der Waals surface area (Å²) in [4.78, 5) is 13.8. The second-order valence-electron chi connectivity index (χ2n) is 10.3. The third-order valence-corrected chi connectivity index (χ3v) is 8.37. The lowest BCUT2D eigenvalue weighted by Gasteiger charge is -2.44. The van der Waals surface area contributed by atoms with Crippen molar-refractivity contribution in [1.29, 1.82) is 0 Å². The summed E-state index contributed by atoms with van der Waals surface area (Å²) in [6.07, 6.45) is 7.48. The van der Waals surface area contributed by atoms with Crippen LogP contribution in [0.2, 0.25) is 0 Å². The number of ether oxygens (including phenoxy) is 1.